The van der Waals surface area contributed by atoms with Gasteiger partial charge in [-0.25, -0.2) is 4.39 Å². The molecule has 2 aliphatic carbocycles. The van der Waals surface area contributed by atoms with Crippen LogP contribution in [0.25, 0.3) is 10.1 Å². The maximum Gasteiger partial charge on any atom is 0.306 e. The molecule has 4 fully saturated rings. The fraction of sp³-hybridized carbons (Fsp3) is 0.514. The summed E-state index contributed by atoms with van der Waals surface area (Å²) in [6, 6.07) is 10.1. The van der Waals surface area contributed by atoms with Gasteiger partial charge in [0.1, 0.15) is 12.0 Å². The van der Waals surface area contributed by atoms with E-state index < -0.39 is 11.8 Å². The van der Waals surface area contributed by atoms with Gasteiger partial charge in [0.25, 0.3) is 5.91 Å². The van der Waals surface area contributed by atoms with Gasteiger partial charge in [-0.15, -0.1) is 11.3 Å². The van der Waals surface area contributed by atoms with E-state index in [1.165, 1.54) is 36.3 Å². The number of benzene rings is 2. The molecular weight excluding hydrogens is 629 g/mol. The van der Waals surface area contributed by atoms with E-state index in [1.54, 1.807) is 5.38 Å². The van der Waals surface area contributed by atoms with Crippen LogP contribution in [0.3, 0.4) is 0 Å². The first-order valence-corrected chi connectivity index (χ1v) is 17.6. The first-order valence-electron chi connectivity index (χ1n) is 16.4. The number of fused-ring (bicyclic) bond motifs is 1. The Bertz CT molecular complexity index is 1650. The van der Waals surface area contributed by atoms with Crippen molar-refractivity contribution in [1.29, 1.82) is 0 Å². The lowest BCUT2D eigenvalue weighted by molar-refractivity contribution is -0.157. The number of nitrogens with zero attached hydrogens (tertiary/aromatic N) is 2. The Kier molecular flexibility index (Phi) is 8.82. The first-order chi connectivity index (χ1) is 22.2. The van der Waals surface area contributed by atoms with Crippen molar-refractivity contribution in [3.63, 3.8) is 0 Å². The first kappa shape index (κ1) is 31.5. The molecule has 2 saturated carbocycles. The second-order valence-corrected chi connectivity index (χ2v) is 14.9. The summed E-state index contributed by atoms with van der Waals surface area (Å²) in [4.78, 5) is 42.6. The third-order valence-corrected chi connectivity index (χ3v) is 11.8. The highest BCUT2D eigenvalue weighted by molar-refractivity contribution is 7.17. The SMILES string of the molecule is O=C(Nc1cc(F)c(CC(=O)N2CCC[C@H]2C(O[C@H]2CC[C@H](C(=O)O)CC2)N2CCC3(CC3)C2)cc1Cl)c1csc2ccccc12. The van der Waals surface area contributed by atoms with E-state index in [-0.39, 0.29) is 58.8 Å². The molecule has 8 nitrogen and oxygen atoms in total. The van der Waals surface area contributed by atoms with E-state index in [9.17, 15) is 19.5 Å². The Morgan fingerprint density at radius 1 is 1.09 bits per heavy atom. The molecule has 7 rings (SSSR count). The number of carbonyl (C=O) groups is 3. The lowest BCUT2D eigenvalue weighted by Gasteiger charge is -2.40. The number of rotatable bonds is 9. The van der Waals surface area contributed by atoms with Gasteiger partial charge in [0.2, 0.25) is 5.91 Å². The summed E-state index contributed by atoms with van der Waals surface area (Å²) in [5.74, 6) is -2.21. The number of carboxylic acids is 1. The Balaban J connectivity index is 1.04. The van der Waals surface area contributed by atoms with E-state index in [0.717, 1.165) is 42.4 Å². The monoisotopic (exact) mass is 667 g/mol. The molecule has 2 saturated heterocycles. The van der Waals surface area contributed by atoms with Crippen molar-refractivity contribution in [1.82, 2.24) is 9.80 Å². The van der Waals surface area contributed by atoms with Crippen LogP contribution < -0.4 is 5.32 Å². The van der Waals surface area contributed by atoms with E-state index in [0.29, 0.717) is 43.2 Å². The fourth-order valence-electron chi connectivity index (χ4n) is 7.66. The van der Waals surface area contributed by atoms with Gasteiger partial charge in [0.05, 0.1) is 40.8 Å². The van der Waals surface area contributed by atoms with Crippen molar-refractivity contribution in [2.24, 2.45) is 11.3 Å². The molecule has 3 aromatic rings. The van der Waals surface area contributed by atoms with Gasteiger partial charge in [0, 0.05) is 35.1 Å². The number of thiophene rings is 1. The minimum atomic E-state index is -0.739. The van der Waals surface area contributed by atoms with Gasteiger partial charge >= 0.3 is 5.97 Å². The van der Waals surface area contributed by atoms with Crippen LogP contribution in [0.5, 0.6) is 0 Å². The van der Waals surface area contributed by atoms with Gasteiger partial charge in [-0.1, -0.05) is 29.8 Å². The van der Waals surface area contributed by atoms with Crippen molar-refractivity contribution < 1.29 is 28.6 Å². The number of aliphatic carboxylic acids is 1. The Hall–Kier alpha value is -3.05. The normalized spacial score (nSPS) is 24.8. The van der Waals surface area contributed by atoms with Gasteiger partial charge in [-0.2, -0.15) is 0 Å². The number of ether oxygens (including phenoxy) is 1. The van der Waals surface area contributed by atoms with Crippen LogP contribution in [-0.2, 0) is 20.7 Å². The number of carbonyl (C=O) groups excluding carboxylic acids is 2. The average Bonchev–Trinajstić information content (AvgIpc) is 3.38. The number of hydrogen-bond donors (Lipinski definition) is 2. The minimum Gasteiger partial charge on any atom is -0.481 e. The van der Waals surface area contributed by atoms with Crippen LogP contribution in [-0.4, -0.2) is 70.7 Å². The molecular formula is C35H39ClFN3O5S. The van der Waals surface area contributed by atoms with Crippen LogP contribution in [0.2, 0.25) is 5.02 Å². The molecule has 2 aromatic carbocycles. The lowest BCUT2D eigenvalue weighted by atomic mass is 9.87. The molecule has 244 valence electrons. The summed E-state index contributed by atoms with van der Waals surface area (Å²) < 4.78 is 23.2. The number of nitrogens with one attached hydrogen (secondary N) is 1. The second kappa shape index (κ2) is 12.9. The standard InChI is InChI=1S/C35H39ClFN3O5S/c36-26-16-22(27(37)18-28(26)38-32(42)25-19-46-30-6-2-1-4-24(25)30)17-31(41)40-14-3-5-29(40)33(39-15-13-35(20-39)11-12-35)45-23-9-7-21(8-10-23)34(43)44/h1-2,4,6,16,18-19,21,23,29,33H,3,5,7-15,17,20H2,(H,38,42)(H,43,44)/t21-,23-,29-,33?/m0/s1. The molecule has 4 aliphatic rings. The molecule has 0 radical (unpaired) electrons. The van der Waals surface area contributed by atoms with Crippen LogP contribution in [0, 0.1) is 17.2 Å². The Morgan fingerprint density at radius 3 is 2.61 bits per heavy atom. The minimum absolute atomic E-state index is 0.0417. The third-order valence-electron chi connectivity index (χ3n) is 10.5. The number of anilines is 1. The summed E-state index contributed by atoms with van der Waals surface area (Å²) in [6.07, 6.45) is 7.38. The highest BCUT2D eigenvalue weighted by atomic mass is 35.5. The van der Waals surface area contributed by atoms with Crippen molar-refractivity contribution in [3.05, 3.63) is 63.7 Å². The molecule has 2 amide bonds. The van der Waals surface area contributed by atoms with Crippen LogP contribution in [0.1, 0.15) is 73.7 Å². The molecule has 2 atom stereocenters. The summed E-state index contributed by atoms with van der Waals surface area (Å²) >= 11 is 8.00. The maximum atomic E-state index is 15.5. The van der Waals surface area contributed by atoms with Crippen molar-refractivity contribution in [3.8, 4) is 0 Å². The largest absolute Gasteiger partial charge is 0.481 e. The number of carboxylic acid groups (broad SMARTS) is 1. The molecule has 2 N–H and O–H groups in total. The predicted molar refractivity (Wildman–Crippen MR) is 176 cm³/mol. The highest BCUT2D eigenvalue weighted by Gasteiger charge is 2.51. The zero-order chi connectivity index (χ0) is 32.0. The topological polar surface area (TPSA) is 99.2 Å². The van der Waals surface area contributed by atoms with Crippen molar-refractivity contribution in [2.75, 3.05) is 25.0 Å². The van der Waals surface area contributed by atoms with E-state index in [1.807, 2.05) is 29.2 Å². The quantitative estimate of drug-likeness (QED) is 0.256. The zero-order valence-electron chi connectivity index (χ0n) is 25.7. The van der Waals surface area contributed by atoms with Gasteiger partial charge < -0.3 is 20.1 Å². The molecule has 1 spiro atoms. The smallest absolute Gasteiger partial charge is 0.306 e. The third kappa shape index (κ3) is 6.41. The van der Waals surface area contributed by atoms with E-state index >= 15 is 4.39 Å². The summed E-state index contributed by atoms with van der Waals surface area (Å²) in [7, 11) is 0. The summed E-state index contributed by atoms with van der Waals surface area (Å²) in [6.45, 7) is 2.46. The van der Waals surface area contributed by atoms with E-state index in [2.05, 4.69) is 10.2 Å². The second-order valence-electron chi connectivity index (χ2n) is 13.6. The van der Waals surface area contributed by atoms with Gasteiger partial charge in [-0.3, -0.25) is 19.3 Å². The zero-order valence-corrected chi connectivity index (χ0v) is 27.3. The van der Waals surface area contributed by atoms with E-state index in [4.69, 9.17) is 16.3 Å². The number of hydrogen-bond acceptors (Lipinski definition) is 6. The molecule has 1 aromatic heterocycles. The Labute approximate surface area is 276 Å². The summed E-state index contributed by atoms with van der Waals surface area (Å²) in [5, 5.41) is 14.9. The molecule has 46 heavy (non-hydrogen) atoms. The highest BCUT2D eigenvalue weighted by Crippen LogP contribution is 2.53. The molecule has 2 aliphatic heterocycles. The van der Waals surface area contributed by atoms with Gasteiger partial charge in [-0.05, 0) is 87.0 Å². The average molecular weight is 668 g/mol. The number of likely N-dealkylation sites (tertiary alicyclic amines) is 2. The van der Waals surface area contributed by atoms with Crippen molar-refractivity contribution in [2.45, 2.75) is 82.6 Å². The molecule has 1 unspecified atom stereocenters. The fourth-order valence-corrected chi connectivity index (χ4v) is 8.84. The number of halogens is 2. The number of amides is 2. The lowest BCUT2D eigenvalue weighted by Crippen LogP contribution is -2.53. The summed E-state index contributed by atoms with van der Waals surface area (Å²) in [5.41, 5.74) is 1.21. The van der Waals surface area contributed by atoms with Gasteiger partial charge in [0.15, 0.2) is 0 Å². The molecule has 11 heteroatoms. The van der Waals surface area contributed by atoms with Crippen LogP contribution in [0.4, 0.5) is 10.1 Å². The maximum absolute atomic E-state index is 15.5. The molecule has 3 heterocycles. The molecule has 0 bridgehead atoms. The van der Waals surface area contributed by atoms with Crippen LogP contribution in [0.15, 0.2) is 41.8 Å². The Morgan fingerprint density at radius 2 is 1.87 bits per heavy atom. The predicted octanol–water partition coefficient (Wildman–Crippen LogP) is 6.95. The van der Waals surface area contributed by atoms with Crippen molar-refractivity contribution >= 4 is 56.5 Å². The van der Waals surface area contributed by atoms with Crippen LogP contribution >= 0.6 is 22.9 Å².